The Balaban J connectivity index is 2.05. The topological polar surface area (TPSA) is 88.4 Å². The standard InChI is InChI=1S/C21H18ClNO5S/c1-3-28-21(26)18-19(25)17(10-12-7-8-15(24)16(9-12)27-2)29-20(18)23-14-6-4-5-13(22)11-14/h4-11,24-25H,3H2,1-2H3. The lowest BCUT2D eigenvalue weighted by molar-refractivity contribution is -0.138. The zero-order valence-corrected chi connectivity index (χ0v) is 17.3. The molecular formula is C21H18ClNO5S. The van der Waals surface area contributed by atoms with Crippen molar-refractivity contribution in [1.82, 2.24) is 0 Å². The van der Waals surface area contributed by atoms with Crippen LogP contribution < -0.4 is 4.74 Å². The molecular weight excluding hydrogens is 414 g/mol. The van der Waals surface area contributed by atoms with Gasteiger partial charge in [0.25, 0.3) is 0 Å². The Morgan fingerprint density at radius 3 is 2.72 bits per heavy atom. The molecule has 2 aromatic rings. The summed E-state index contributed by atoms with van der Waals surface area (Å²) in [5.74, 6) is -0.584. The highest BCUT2D eigenvalue weighted by atomic mass is 35.5. The molecule has 3 rings (SSSR count). The third-order valence-electron chi connectivity index (χ3n) is 3.91. The lowest BCUT2D eigenvalue weighted by Crippen LogP contribution is -2.12. The number of aliphatic hydroxyl groups excluding tert-OH is 1. The number of aromatic hydroxyl groups is 1. The minimum Gasteiger partial charge on any atom is -0.506 e. The van der Waals surface area contributed by atoms with Crippen LogP contribution in [0.15, 0.2) is 63.7 Å². The molecule has 0 aliphatic carbocycles. The van der Waals surface area contributed by atoms with E-state index in [-0.39, 0.29) is 23.7 Å². The van der Waals surface area contributed by atoms with Gasteiger partial charge in [0.1, 0.15) is 16.4 Å². The smallest absolute Gasteiger partial charge is 0.344 e. The van der Waals surface area contributed by atoms with Gasteiger partial charge in [0.15, 0.2) is 11.5 Å². The number of phenols is 1. The largest absolute Gasteiger partial charge is 0.506 e. The average Bonchev–Trinajstić information content (AvgIpc) is 2.98. The summed E-state index contributed by atoms with van der Waals surface area (Å²) in [5.41, 5.74) is 1.21. The highest BCUT2D eigenvalue weighted by molar-refractivity contribution is 8.18. The molecule has 0 radical (unpaired) electrons. The molecule has 0 saturated heterocycles. The quantitative estimate of drug-likeness (QED) is 0.629. The Labute approximate surface area is 177 Å². The van der Waals surface area contributed by atoms with E-state index in [1.807, 2.05) is 0 Å². The molecule has 0 spiro atoms. The number of hydrogen-bond acceptors (Lipinski definition) is 7. The maximum absolute atomic E-state index is 12.4. The van der Waals surface area contributed by atoms with Crippen LogP contribution in [0.1, 0.15) is 12.5 Å². The normalized spacial score (nSPS) is 16.5. The van der Waals surface area contributed by atoms with Crippen LogP contribution in [0.2, 0.25) is 5.02 Å². The molecule has 2 N–H and O–H groups in total. The van der Waals surface area contributed by atoms with E-state index in [9.17, 15) is 15.0 Å². The predicted molar refractivity (Wildman–Crippen MR) is 115 cm³/mol. The second kappa shape index (κ2) is 9.07. The molecule has 1 aliphatic heterocycles. The maximum atomic E-state index is 12.4. The van der Waals surface area contributed by atoms with Gasteiger partial charge < -0.3 is 19.7 Å². The minimum absolute atomic E-state index is 0.00362. The van der Waals surface area contributed by atoms with Crippen LogP contribution in [0.5, 0.6) is 11.5 Å². The summed E-state index contributed by atoms with van der Waals surface area (Å²) in [6.07, 6.45) is 1.67. The fourth-order valence-electron chi connectivity index (χ4n) is 2.59. The SMILES string of the molecule is CCOC(=O)C1=C(O)C(=Cc2ccc(O)c(OC)c2)SC1=Nc1cccc(Cl)c1. The molecule has 0 atom stereocenters. The Morgan fingerprint density at radius 2 is 2.03 bits per heavy atom. The van der Waals surface area contributed by atoms with Crippen LogP contribution in [0.4, 0.5) is 5.69 Å². The molecule has 8 heteroatoms. The first-order valence-electron chi connectivity index (χ1n) is 8.64. The van der Waals surface area contributed by atoms with Crippen molar-refractivity contribution in [3.63, 3.8) is 0 Å². The molecule has 6 nitrogen and oxygen atoms in total. The number of methoxy groups -OCH3 is 1. The third kappa shape index (κ3) is 4.75. The number of ether oxygens (including phenoxy) is 2. The van der Waals surface area contributed by atoms with E-state index < -0.39 is 5.97 Å². The number of thioether (sulfide) groups is 1. The van der Waals surface area contributed by atoms with E-state index in [0.717, 1.165) is 11.8 Å². The Bertz CT molecular complexity index is 1050. The lowest BCUT2D eigenvalue weighted by atomic mass is 10.1. The van der Waals surface area contributed by atoms with Crippen molar-refractivity contribution < 1.29 is 24.5 Å². The first kappa shape index (κ1) is 20.8. The van der Waals surface area contributed by atoms with Gasteiger partial charge in [-0.2, -0.15) is 0 Å². The number of aliphatic hydroxyl groups is 1. The highest BCUT2D eigenvalue weighted by Crippen LogP contribution is 2.41. The van der Waals surface area contributed by atoms with Crippen LogP contribution in [0, 0.1) is 0 Å². The number of halogens is 1. The van der Waals surface area contributed by atoms with E-state index in [2.05, 4.69) is 4.99 Å². The number of carbonyl (C=O) groups is 1. The molecule has 0 amide bonds. The summed E-state index contributed by atoms with van der Waals surface area (Å²) in [6.45, 7) is 1.85. The van der Waals surface area contributed by atoms with Gasteiger partial charge in [0.05, 0.1) is 24.3 Å². The average molecular weight is 432 g/mol. The van der Waals surface area contributed by atoms with E-state index in [0.29, 0.717) is 32.0 Å². The fourth-order valence-corrected chi connectivity index (χ4v) is 3.81. The Hall–Kier alpha value is -2.90. The number of esters is 1. The predicted octanol–water partition coefficient (Wildman–Crippen LogP) is 5.25. The number of hydrogen-bond donors (Lipinski definition) is 2. The molecule has 29 heavy (non-hydrogen) atoms. The number of aliphatic imine (C=N–C) groups is 1. The minimum atomic E-state index is -0.662. The molecule has 0 unspecified atom stereocenters. The lowest BCUT2D eigenvalue weighted by Gasteiger charge is -2.04. The first-order chi connectivity index (χ1) is 13.9. The van der Waals surface area contributed by atoms with Crippen molar-refractivity contribution in [2.75, 3.05) is 13.7 Å². The molecule has 1 heterocycles. The zero-order chi connectivity index (χ0) is 21.0. The van der Waals surface area contributed by atoms with Gasteiger partial charge in [-0.1, -0.05) is 35.5 Å². The molecule has 1 aliphatic rings. The molecule has 0 bridgehead atoms. The number of benzene rings is 2. The highest BCUT2D eigenvalue weighted by Gasteiger charge is 2.33. The Kier molecular flexibility index (Phi) is 6.51. The first-order valence-corrected chi connectivity index (χ1v) is 9.84. The summed E-state index contributed by atoms with van der Waals surface area (Å²) in [7, 11) is 1.45. The van der Waals surface area contributed by atoms with Gasteiger partial charge in [-0.15, -0.1) is 0 Å². The Morgan fingerprint density at radius 1 is 1.24 bits per heavy atom. The molecule has 2 aromatic carbocycles. The molecule has 0 aromatic heterocycles. The van der Waals surface area contributed by atoms with Gasteiger partial charge in [-0.25, -0.2) is 9.79 Å². The second-order valence-electron chi connectivity index (χ2n) is 5.88. The van der Waals surface area contributed by atoms with Crippen LogP contribution in [0.25, 0.3) is 6.08 Å². The number of carbonyl (C=O) groups excluding carboxylic acids is 1. The van der Waals surface area contributed by atoms with E-state index in [1.165, 1.54) is 13.2 Å². The van der Waals surface area contributed by atoms with Gasteiger partial charge in [0.2, 0.25) is 0 Å². The van der Waals surface area contributed by atoms with Crippen LogP contribution in [0.3, 0.4) is 0 Å². The van der Waals surface area contributed by atoms with Crippen molar-refractivity contribution in [2.45, 2.75) is 6.92 Å². The van der Waals surface area contributed by atoms with Crippen LogP contribution in [-0.2, 0) is 9.53 Å². The second-order valence-corrected chi connectivity index (χ2v) is 7.35. The van der Waals surface area contributed by atoms with E-state index >= 15 is 0 Å². The number of phenolic OH excluding ortho intramolecular Hbond substituents is 1. The van der Waals surface area contributed by atoms with Gasteiger partial charge in [-0.05, 0) is 48.9 Å². The van der Waals surface area contributed by atoms with Crippen molar-refractivity contribution in [2.24, 2.45) is 4.99 Å². The van der Waals surface area contributed by atoms with Crippen molar-refractivity contribution in [1.29, 1.82) is 0 Å². The van der Waals surface area contributed by atoms with Crippen molar-refractivity contribution >= 4 is 46.1 Å². The summed E-state index contributed by atoms with van der Waals surface area (Å²) >= 11 is 7.15. The number of nitrogens with zero attached hydrogens (tertiary/aromatic N) is 1. The van der Waals surface area contributed by atoms with Crippen molar-refractivity contribution in [3.05, 3.63) is 69.3 Å². The van der Waals surface area contributed by atoms with Crippen molar-refractivity contribution in [3.8, 4) is 11.5 Å². The van der Waals surface area contributed by atoms with Gasteiger partial charge in [0, 0.05) is 5.02 Å². The zero-order valence-electron chi connectivity index (χ0n) is 15.7. The van der Waals surface area contributed by atoms with Crippen LogP contribution in [-0.4, -0.2) is 34.9 Å². The summed E-state index contributed by atoms with van der Waals surface area (Å²) in [6, 6.07) is 11.6. The third-order valence-corrected chi connectivity index (χ3v) is 5.17. The summed E-state index contributed by atoms with van der Waals surface area (Å²) < 4.78 is 10.2. The van der Waals surface area contributed by atoms with Gasteiger partial charge >= 0.3 is 5.97 Å². The fraction of sp³-hybridized carbons (Fsp3) is 0.143. The van der Waals surface area contributed by atoms with E-state index in [1.54, 1.807) is 49.4 Å². The van der Waals surface area contributed by atoms with Crippen LogP contribution >= 0.6 is 23.4 Å². The summed E-state index contributed by atoms with van der Waals surface area (Å²) in [4.78, 5) is 17.3. The summed E-state index contributed by atoms with van der Waals surface area (Å²) in [5, 5.41) is 21.3. The maximum Gasteiger partial charge on any atom is 0.344 e. The van der Waals surface area contributed by atoms with Gasteiger partial charge in [-0.3, -0.25) is 0 Å². The molecule has 150 valence electrons. The number of rotatable bonds is 5. The monoisotopic (exact) mass is 431 g/mol. The van der Waals surface area contributed by atoms with E-state index in [4.69, 9.17) is 21.1 Å². The molecule has 0 saturated carbocycles. The molecule has 0 fully saturated rings.